The van der Waals surface area contributed by atoms with Crippen molar-refractivity contribution < 1.29 is 19.4 Å². The van der Waals surface area contributed by atoms with Gasteiger partial charge in [-0.05, 0) is 48.5 Å². The molecule has 7 nitrogen and oxygen atoms in total. The summed E-state index contributed by atoms with van der Waals surface area (Å²) in [7, 11) is 3.18. The van der Waals surface area contributed by atoms with Crippen molar-refractivity contribution in [3.05, 3.63) is 66.2 Å². The molecule has 29 heavy (non-hydrogen) atoms. The largest absolute Gasteiger partial charge is 0.508 e. The van der Waals surface area contributed by atoms with Crippen molar-refractivity contribution in [2.45, 2.75) is 0 Å². The molecule has 0 saturated carbocycles. The zero-order chi connectivity index (χ0) is 20.6. The first-order chi connectivity index (χ1) is 14.1. The quantitative estimate of drug-likeness (QED) is 0.505. The molecule has 1 amide bonds. The molecule has 0 spiro atoms. The monoisotopic (exact) mass is 393 g/mol. The number of nitrogens with one attached hydrogen (secondary N) is 2. The Balaban J connectivity index is 1.88. The summed E-state index contributed by atoms with van der Waals surface area (Å²) in [6, 6.07) is 17.4. The van der Waals surface area contributed by atoms with Gasteiger partial charge in [0.05, 0.1) is 25.0 Å². The third-order valence-electron chi connectivity index (χ3n) is 4.23. The minimum Gasteiger partial charge on any atom is -0.508 e. The number of methoxy groups -OCH3 is 2. The fourth-order valence-corrected chi connectivity index (χ4v) is 2.74. The van der Waals surface area contributed by atoms with Gasteiger partial charge in [0.1, 0.15) is 17.3 Å². The number of hydrogen-bond acceptors (Lipinski definition) is 6. The lowest BCUT2D eigenvalue weighted by Crippen LogP contribution is -2.18. The smallest absolute Gasteiger partial charge is 0.259 e. The first kappa shape index (κ1) is 20.2. The molecular formula is C22H23N3O4. The number of aromatic nitrogens is 1. The highest BCUT2D eigenvalue weighted by molar-refractivity contribution is 6.07. The van der Waals surface area contributed by atoms with Crippen LogP contribution in [0.3, 0.4) is 0 Å². The molecule has 1 aromatic heterocycles. The SMILES string of the molecule is COCCNc1nc(-c2ccc(O)cc2)ccc1C(=O)Nc1cccc(OC)c1. The molecule has 2 aromatic carbocycles. The number of carbonyl (C=O) groups is 1. The van der Waals surface area contributed by atoms with Crippen LogP contribution in [0.2, 0.25) is 0 Å². The summed E-state index contributed by atoms with van der Waals surface area (Å²) in [4.78, 5) is 17.5. The molecule has 0 aliphatic rings. The van der Waals surface area contributed by atoms with Crippen LogP contribution in [-0.4, -0.2) is 43.4 Å². The maximum Gasteiger partial charge on any atom is 0.259 e. The van der Waals surface area contributed by atoms with Gasteiger partial charge in [0.25, 0.3) is 5.91 Å². The van der Waals surface area contributed by atoms with E-state index in [2.05, 4.69) is 15.6 Å². The summed E-state index contributed by atoms with van der Waals surface area (Å²) in [5, 5.41) is 15.5. The zero-order valence-electron chi connectivity index (χ0n) is 16.3. The van der Waals surface area contributed by atoms with Crippen LogP contribution in [-0.2, 0) is 4.74 Å². The molecule has 150 valence electrons. The average Bonchev–Trinajstić information content (AvgIpc) is 2.74. The van der Waals surface area contributed by atoms with Crippen LogP contribution in [0, 0.1) is 0 Å². The van der Waals surface area contributed by atoms with Crippen LogP contribution in [0.15, 0.2) is 60.7 Å². The van der Waals surface area contributed by atoms with Gasteiger partial charge in [-0.25, -0.2) is 4.98 Å². The summed E-state index contributed by atoms with van der Waals surface area (Å²) in [5.41, 5.74) is 2.55. The summed E-state index contributed by atoms with van der Waals surface area (Å²) in [6.45, 7) is 0.976. The van der Waals surface area contributed by atoms with E-state index in [0.29, 0.717) is 41.7 Å². The minimum atomic E-state index is -0.289. The Morgan fingerprint density at radius 2 is 1.86 bits per heavy atom. The van der Waals surface area contributed by atoms with Gasteiger partial charge >= 0.3 is 0 Å². The van der Waals surface area contributed by atoms with Crippen molar-refractivity contribution >= 4 is 17.4 Å². The number of nitrogens with zero attached hydrogens (tertiary/aromatic N) is 1. The second-order valence-electron chi connectivity index (χ2n) is 6.25. The highest BCUT2D eigenvalue weighted by atomic mass is 16.5. The van der Waals surface area contributed by atoms with Gasteiger partial charge in [-0.2, -0.15) is 0 Å². The van der Waals surface area contributed by atoms with Crippen molar-refractivity contribution in [1.29, 1.82) is 0 Å². The van der Waals surface area contributed by atoms with E-state index in [1.807, 2.05) is 0 Å². The van der Waals surface area contributed by atoms with Gasteiger partial charge in [0.15, 0.2) is 0 Å². The number of anilines is 2. The Bertz CT molecular complexity index is 974. The summed E-state index contributed by atoms with van der Waals surface area (Å²) in [6.07, 6.45) is 0. The van der Waals surface area contributed by atoms with Crippen molar-refractivity contribution in [2.24, 2.45) is 0 Å². The Morgan fingerprint density at radius 3 is 2.59 bits per heavy atom. The van der Waals surface area contributed by atoms with Crippen LogP contribution in [0.1, 0.15) is 10.4 Å². The standard InChI is InChI=1S/C22H23N3O4/c1-28-13-12-23-21-19(22(27)24-16-4-3-5-18(14-16)29-2)10-11-20(25-21)15-6-8-17(26)9-7-15/h3-11,14,26H,12-13H2,1-2H3,(H,23,25)(H,24,27). The number of phenols is 1. The molecule has 7 heteroatoms. The maximum atomic E-state index is 12.9. The highest BCUT2D eigenvalue weighted by Gasteiger charge is 2.15. The van der Waals surface area contributed by atoms with E-state index in [-0.39, 0.29) is 11.7 Å². The number of amides is 1. The normalized spacial score (nSPS) is 10.4. The van der Waals surface area contributed by atoms with Gasteiger partial charge in [-0.3, -0.25) is 4.79 Å². The number of pyridine rings is 1. The first-order valence-corrected chi connectivity index (χ1v) is 9.09. The Kier molecular flexibility index (Phi) is 6.65. The Labute approximate surface area is 169 Å². The van der Waals surface area contributed by atoms with Crippen molar-refractivity contribution in [3.63, 3.8) is 0 Å². The number of carbonyl (C=O) groups excluding carboxylic acids is 1. The summed E-state index contributed by atoms with van der Waals surface area (Å²) in [5.74, 6) is 1.000. The van der Waals surface area contributed by atoms with Crippen LogP contribution in [0.25, 0.3) is 11.3 Å². The number of phenolic OH excluding ortho intramolecular Hbond substituents is 1. The van der Waals surface area contributed by atoms with Crippen molar-refractivity contribution in [1.82, 2.24) is 4.98 Å². The lowest BCUT2D eigenvalue weighted by Gasteiger charge is -2.13. The topological polar surface area (TPSA) is 92.7 Å². The van der Waals surface area contributed by atoms with E-state index in [9.17, 15) is 9.90 Å². The van der Waals surface area contributed by atoms with E-state index in [4.69, 9.17) is 9.47 Å². The average molecular weight is 393 g/mol. The zero-order valence-corrected chi connectivity index (χ0v) is 16.3. The van der Waals surface area contributed by atoms with Gasteiger partial charge < -0.3 is 25.2 Å². The van der Waals surface area contributed by atoms with Gasteiger partial charge in [0.2, 0.25) is 0 Å². The second-order valence-corrected chi connectivity index (χ2v) is 6.25. The van der Waals surface area contributed by atoms with Crippen molar-refractivity contribution in [3.8, 4) is 22.8 Å². The van der Waals surface area contributed by atoms with E-state index in [0.717, 1.165) is 5.56 Å². The van der Waals surface area contributed by atoms with Gasteiger partial charge in [0, 0.05) is 31.0 Å². The molecule has 0 unspecified atom stereocenters. The Morgan fingerprint density at radius 1 is 1.07 bits per heavy atom. The molecule has 3 rings (SSSR count). The maximum absolute atomic E-state index is 12.9. The molecular weight excluding hydrogens is 370 g/mol. The highest BCUT2D eigenvalue weighted by Crippen LogP contribution is 2.25. The number of aromatic hydroxyl groups is 1. The van der Waals surface area contributed by atoms with Gasteiger partial charge in [-0.15, -0.1) is 0 Å². The molecule has 3 N–H and O–H groups in total. The minimum absolute atomic E-state index is 0.182. The second kappa shape index (κ2) is 9.57. The third-order valence-corrected chi connectivity index (χ3v) is 4.23. The predicted molar refractivity (Wildman–Crippen MR) is 113 cm³/mol. The molecule has 0 saturated heterocycles. The predicted octanol–water partition coefficient (Wildman–Crippen LogP) is 3.77. The number of ether oxygens (including phenoxy) is 2. The lowest BCUT2D eigenvalue weighted by molar-refractivity contribution is 0.102. The number of benzene rings is 2. The first-order valence-electron chi connectivity index (χ1n) is 9.09. The van der Waals surface area contributed by atoms with E-state index >= 15 is 0 Å². The molecule has 0 bridgehead atoms. The third kappa shape index (κ3) is 5.24. The molecule has 0 aliphatic carbocycles. The molecule has 0 fully saturated rings. The van der Waals surface area contributed by atoms with Crippen LogP contribution >= 0.6 is 0 Å². The number of hydrogen-bond donors (Lipinski definition) is 3. The lowest BCUT2D eigenvalue weighted by atomic mass is 10.1. The van der Waals surface area contributed by atoms with Crippen LogP contribution in [0.4, 0.5) is 11.5 Å². The fraction of sp³-hybridized carbons (Fsp3) is 0.182. The van der Waals surface area contributed by atoms with Gasteiger partial charge in [-0.1, -0.05) is 6.07 Å². The molecule has 3 aromatic rings. The molecule has 0 atom stereocenters. The number of rotatable bonds is 8. The van der Waals surface area contributed by atoms with Crippen LogP contribution < -0.4 is 15.4 Å². The van der Waals surface area contributed by atoms with E-state index in [1.165, 1.54) is 0 Å². The van der Waals surface area contributed by atoms with Crippen LogP contribution in [0.5, 0.6) is 11.5 Å². The van der Waals surface area contributed by atoms with E-state index in [1.54, 1.807) is 74.9 Å². The molecule has 1 heterocycles. The fourth-order valence-electron chi connectivity index (χ4n) is 2.74. The summed E-state index contributed by atoms with van der Waals surface area (Å²) < 4.78 is 10.3. The van der Waals surface area contributed by atoms with E-state index < -0.39 is 0 Å². The summed E-state index contributed by atoms with van der Waals surface area (Å²) >= 11 is 0. The Hall–Kier alpha value is -3.58. The van der Waals surface area contributed by atoms with Crippen molar-refractivity contribution in [2.75, 3.05) is 38.0 Å². The molecule has 0 aliphatic heterocycles. The molecule has 0 radical (unpaired) electrons.